The fourth-order valence-electron chi connectivity index (χ4n) is 2.00. The van der Waals surface area contributed by atoms with Gasteiger partial charge in [0, 0.05) is 18.0 Å². The summed E-state index contributed by atoms with van der Waals surface area (Å²) in [4.78, 5) is 12.2. The molecule has 3 nitrogen and oxygen atoms in total. The molecule has 3 heteroatoms. The van der Waals surface area contributed by atoms with Crippen LogP contribution >= 0.6 is 0 Å². The highest BCUT2D eigenvalue weighted by atomic mass is 16.2. The summed E-state index contributed by atoms with van der Waals surface area (Å²) in [5, 5.41) is 11.8. The first kappa shape index (κ1) is 13.6. The van der Waals surface area contributed by atoms with E-state index in [-0.39, 0.29) is 18.6 Å². The Balaban J connectivity index is 2.10. The fourth-order valence-corrected chi connectivity index (χ4v) is 2.00. The summed E-state index contributed by atoms with van der Waals surface area (Å²) in [5.74, 6) is 6.37. The van der Waals surface area contributed by atoms with Crippen molar-refractivity contribution in [1.82, 2.24) is 5.32 Å². The molecule has 19 heavy (non-hydrogen) atoms. The quantitative estimate of drug-likeness (QED) is 0.810. The highest BCUT2D eigenvalue weighted by molar-refractivity contribution is 5.96. The molecule has 1 unspecified atom stereocenters. The Kier molecular flexibility index (Phi) is 4.59. The van der Waals surface area contributed by atoms with Crippen LogP contribution < -0.4 is 5.32 Å². The van der Waals surface area contributed by atoms with Crippen molar-refractivity contribution in [2.24, 2.45) is 5.92 Å². The zero-order valence-electron chi connectivity index (χ0n) is 11.1. The molecule has 1 atom stereocenters. The lowest BCUT2D eigenvalue weighted by Crippen LogP contribution is -2.34. The van der Waals surface area contributed by atoms with Crippen LogP contribution in [0, 0.1) is 17.8 Å². The highest BCUT2D eigenvalue weighted by Crippen LogP contribution is 2.32. The number of aliphatic hydroxyl groups is 1. The second-order valence-corrected chi connectivity index (χ2v) is 4.92. The Labute approximate surface area is 114 Å². The number of amides is 1. The monoisotopic (exact) mass is 257 g/mol. The molecule has 1 amide bonds. The number of aliphatic hydroxyl groups excluding tert-OH is 1. The Morgan fingerprint density at radius 3 is 2.89 bits per heavy atom. The van der Waals surface area contributed by atoms with Crippen molar-refractivity contribution in [3.05, 3.63) is 35.4 Å². The van der Waals surface area contributed by atoms with Gasteiger partial charge in [-0.05, 0) is 37.8 Å². The Morgan fingerprint density at radius 1 is 1.47 bits per heavy atom. The minimum atomic E-state index is -0.0618. The van der Waals surface area contributed by atoms with E-state index in [2.05, 4.69) is 24.1 Å². The topological polar surface area (TPSA) is 49.3 Å². The molecule has 1 aromatic carbocycles. The fraction of sp³-hybridized carbons (Fsp3) is 0.438. The predicted molar refractivity (Wildman–Crippen MR) is 74.7 cm³/mol. The number of rotatable bonds is 4. The van der Waals surface area contributed by atoms with Crippen LogP contribution in [0.1, 0.15) is 42.1 Å². The van der Waals surface area contributed by atoms with Gasteiger partial charge in [-0.1, -0.05) is 24.0 Å². The van der Waals surface area contributed by atoms with E-state index in [9.17, 15) is 4.79 Å². The van der Waals surface area contributed by atoms with Crippen molar-refractivity contribution < 1.29 is 9.90 Å². The molecule has 0 spiro atoms. The van der Waals surface area contributed by atoms with E-state index in [1.807, 2.05) is 18.2 Å². The molecule has 0 saturated heterocycles. The summed E-state index contributed by atoms with van der Waals surface area (Å²) >= 11 is 0. The first-order valence-corrected chi connectivity index (χ1v) is 6.72. The molecule has 1 aromatic rings. The normalized spacial score (nSPS) is 15.3. The lowest BCUT2D eigenvalue weighted by Gasteiger charge is -2.13. The number of carbonyl (C=O) groups excluding carboxylic acids is 1. The molecular weight excluding hydrogens is 238 g/mol. The van der Waals surface area contributed by atoms with E-state index in [4.69, 9.17) is 5.11 Å². The third kappa shape index (κ3) is 3.84. The molecule has 100 valence electrons. The zero-order valence-corrected chi connectivity index (χ0v) is 11.1. The number of nitrogens with one attached hydrogen (secondary N) is 1. The molecule has 0 aromatic heterocycles. The average molecular weight is 257 g/mol. The Hall–Kier alpha value is -1.79. The van der Waals surface area contributed by atoms with Gasteiger partial charge in [0.25, 0.3) is 5.91 Å². The molecule has 0 aliphatic heterocycles. The van der Waals surface area contributed by atoms with Gasteiger partial charge in [-0.25, -0.2) is 0 Å². The number of hydrogen-bond acceptors (Lipinski definition) is 2. The molecular formula is C16H19NO2. The van der Waals surface area contributed by atoms with Crippen LogP contribution in [0.3, 0.4) is 0 Å². The van der Waals surface area contributed by atoms with Gasteiger partial charge in [0.1, 0.15) is 0 Å². The van der Waals surface area contributed by atoms with Crippen molar-refractivity contribution >= 4 is 5.91 Å². The van der Waals surface area contributed by atoms with Crippen LogP contribution in [0.4, 0.5) is 0 Å². The molecule has 0 radical (unpaired) electrons. The smallest absolute Gasteiger partial charge is 0.252 e. The summed E-state index contributed by atoms with van der Waals surface area (Å²) in [6.45, 7) is 2.09. The van der Waals surface area contributed by atoms with Crippen molar-refractivity contribution in [2.45, 2.75) is 32.2 Å². The summed E-state index contributed by atoms with van der Waals surface area (Å²) in [7, 11) is 0. The second-order valence-electron chi connectivity index (χ2n) is 4.92. The van der Waals surface area contributed by atoms with Crippen LogP contribution in [0.25, 0.3) is 0 Å². The van der Waals surface area contributed by atoms with E-state index < -0.39 is 0 Å². The summed E-state index contributed by atoms with van der Waals surface area (Å²) in [5.41, 5.74) is 1.33. The number of benzene rings is 1. The zero-order chi connectivity index (χ0) is 13.7. The van der Waals surface area contributed by atoms with Crippen LogP contribution in [-0.4, -0.2) is 23.7 Å². The van der Waals surface area contributed by atoms with Crippen LogP contribution in [0.2, 0.25) is 0 Å². The molecule has 2 N–H and O–H groups in total. The van der Waals surface area contributed by atoms with Gasteiger partial charge in [0.05, 0.1) is 12.2 Å². The Bertz CT molecular complexity index is 509. The van der Waals surface area contributed by atoms with Gasteiger partial charge in [-0.3, -0.25) is 4.79 Å². The first-order chi connectivity index (χ1) is 9.22. The summed E-state index contributed by atoms with van der Waals surface area (Å²) < 4.78 is 0. The van der Waals surface area contributed by atoms with Gasteiger partial charge in [-0.2, -0.15) is 0 Å². The molecule has 1 saturated carbocycles. The maximum Gasteiger partial charge on any atom is 0.252 e. The SMILES string of the molecule is CC(NC(=O)c1ccccc1C#CCCO)C1CC1. The van der Waals surface area contributed by atoms with Crippen molar-refractivity contribution in [1.29, 1.82) is 0 Å². The standard InChI is InChI=1S/C16H19NO2/c1-12(13-9-10-13)17-16(19)15-8-3-2-6-14(15)7-4-5-11-18/h2-3,6,8,12-13,18H,5,9-11H2,1H3,(H,17,19). The van der Waals surface area contributed by atoms with E-state index in [0.29, 0.717) is 17.9 Å². The van der Waals surface area contributed by atoms with Gasteiger partial charge in [0.2, 0.25) is 0 Å². The second kappa shape index (κ2) is 6.40. The van der Waals surface area contributed by atoms with Crippen LogP contribution in [-0.2, 0) is 0 Å². The predicted octanol–water partition coefficient (Wildman–Crippen LogP) is 1.95. The van der Waals surface area contributed by atoms with Gasteiger partial charge >= 0.3 is 0 Å². The molecule has 0 heterocycles. The third-order valence-corrected chi connectivity index (χ3v) is 3.32. The molecule has 1 aliphatic carbocycles. The van der Waals surface area contributed by atoms with Crippen LogP contribution in [0.15, 0.2) is 24.3 Å². The largest absolute Gasteiger partial charge is 0.395 e. The maximum atomic E-state index is 12.2. The lowest BCUT2D eigenvalue weighted by molar-refractivity contribution is 0.0935. The Morgan fingerprint density at radius 2 is 2.21 bits per heavy atom. The highest BCUT2D eigenvalue weighted by Gasteiger charge is 2.29. The van der Waals surface area contributed by atoms with Crippen molar-refractivity contribution in [3.8, 4) is 11.8 Å². The average Bonchev–Trinajstić information content (AvgIpc) is 3.24. The minimum Gasteiger partial charge on any atom is -0.395 e. The minimum absolute atomic E-state index is 0.0417. The van der Waals surface area contributed by atoms with Crippen molar-refractivity contribution in [2.75, 3.05) is 6.61 Å². The first-order valence-electron chi connectivity index (χ1n) is 6.72. The van der Waals surface area contributed by atoms with E-state index in [0.717, 1.165) is 5.56 Å². The number of hydrogen-bond donors (Lipinski definition) is 2. The molecule has 0 bridgehead atoms. The summed E-state index contributed by atoms with van der Waals surface area (Å²) in [6.07, 6.45) is 2.84. The maximum absolute atomic E-state index is 12.2. The van der Waals surface area contributed by atoms with Crippen molar-refractivity contribution in [3.63, 3.8) is 0 Å². The van der Waals surface area contributed by atoms with Crippen LogP contribution in [0.5, 0.6) is 0 Å². The number of carbonyl (C=O) groups is 1. The van der Waals surface area contributed by atoms with Gasteiger partial charge in [-0.15, -0.1) is 0 Å². The van der Waals surface area contributed by atoms with E-state index in [1.54, 1.807) is 6.07 Å². The molecule has 2 rings (SSSR count). The van der Waals surface area contributed by atoms with Gasteiger partial charge < -0.3 is 10.4 Å². The van der Waals surface area contributed by atoms with E-state index in [1.165, 1.54) is 12.8 Å². The van der Waals surface area contributed by atoms with E-state index >= 15 is 0 Å². The molecule has 1 fully saturated rings. The third-order valence-electron chi connectivity index (χ3n) is 3.32. The molecule has 1 aliphatic rings. The van der Waals surface area contributed by atoms with Gasteiger partial charge in [0.15, 0.2) is 0 Å². The summed E-state index contributed by atoms with van der Waals surface area (Å²) in [6, 6.07) is 7.56. The lowest BCUT2D eigenvalue weighted by atomic mass is 10.1.